The molecule has 3 N–H and O–H groups in total. The van der Waals surface area contributed by atoms with Gasteiger partial charge in [-0.05, 0) is 32.9 Å². The number of carbonyl (C=O) groups is 2. The molecule has 1 saturated heterocycles. The van der Waals surface area contributed by atoms with Gasteiger partial charge in [0.05, 0.1) is 16.6 Å². The van der Waals surface area contributed by atoms with Crippen LogP contribution in [-0.4, -0.2) is 50.1 Å². The first-order valence-electron chi connectivity index (χ1n) is 10.2. The molecule has 168 valence electrons. The van der Waals surface area contributed by atoms with Crippen molar-refractivity contribution >= 4 is 28.5 Å². The Labute approximate surface area is 183 Å². The average Bonchev–Trinajstić information content (AvgIpc) is 2.96. The van der Waals surface area contributed by atoms with Crippen LogP contribution in [0.5, 0.6) is 0 Å². The summed E-state index contributed by atoms with van der Waals surface area (Å²) in [5.74, 6) is -2.03. The van der Waals surface area contributed by atoms with Crippen molar-refractivity contribution in [2.45, 2.75) is 38.8 Å². The first-order chi connectivity index (χ1) is 15.0. The number of amides is 2. The monoisotopic (exact) mass is 442 g/mol. The Morgan fingerprint density at radius 1 is 1.22 bits per heavy atom. The fourth-order valence-corrected chi connectivity index (χ4v) is 3.83. The van der Waals surface area contributed by atoms with Crippen LogP contribution in [0.2, 0.25) is 0 Å². The minimum Gasteiger partial charge on any atom is -0.384 e. The van der Waals surface area contributed by atoms with Crippen molar-refractivity contribution in [1.29, 1.82) is 0 Å². The van der Waals surface area contributed by atoms with Gasteiger partial charge in [0.25, 0.3) is 5.91 Å². The van der Waals surface area contributed by atoms with E-state index in [1.165, 1.54) is 23.0 Å². The van der Waals surface area contributed by atoms with Crippen LogP contribution in [0, 0.1) is 11.6 Å². The Morgan fingerprint density at radius 2 is 1.94 bits per heavy atom. The number of rotatable bonds is 4. The molecule has 4 rings (SSSR count). The highest BCUT2D eigenvalue weighted by molar-refractivity contribution is 5.95. The summed E-state index contributed by atoms with van der Waals surface area (Å²) in [5.41, 5.74) is 6.21. The van der Waals surface area contributed by atoms with Crippen LogP contribution in [0.4, 0.5) is 14.6 Å². The maximum atomic E-state index is 14.7. The molecular weight excluding hydrogens is 418 g/mol. The SMILES string of the molecule is CC(C)(C)NC(=O)Cn1nc(C2CN(C(=O)c3ccnc(N)c3)C2)c2c(F)cc(F)cc21. The largest absolute Gasteiger partial charge is 0.384 e. The zero-order valence-electron chi connectivity index (χ0n) is 18.0. The number of nitrogens with zero attached hydrogens (tertiary/aromatic N) is 4. The highest BCUT2D eigenvalue weighted by Gasteiger charge is 2.36. The zero-order valence-corrected chi connectivity index (χ0v) is 18.0. The quantitative estimate of drug-likeness (QED) is 0.646. The summed E-state index contributed by atoms with van der Waals surface area (Å²) in [7, 11) is 0. The Hall–Kier alpha value is -3.56. The van der Waals surface area contributed by atoms with Gasteiger partial charge in [0, 0.05) is 48.4 Å². The number of likely N-dealkylation sites (tertiary alicyclic amines) is 1. The standard InChI is InChI=1S/C22H24F2N6O2/c1-22(2,3)27-18(31)11-30-16-8-14(23)7-15(24)19(16)20(28-30)13-9-29(10-13)21(32)12-4-5-26-17(25)6-12/h4-8,13H,9-11H2,1-3H3,(H2,25,26)(H,27,31). The van der Waals surface area contributed by atoms with Crippen LogP contribution in [0.3, 0.4) is 0 Å². The summed E-state index contributed by atoms with van der Waals surface area (Å²) in [4.78, 5) is 30.5. The molecule has 0 bridgehead atoms. The minimum absolute atomic E-state index is 0.167. The minimum atomic E-state index is -0.750. The molecule has 0 saturated carbocycles. The summed E-state index contributed by atoms with van der Waals surface area (Å²) < 4.78 is 30.0. The van der Waals surface area contributed by atoms with E-state index in [2.05, 4.69) is 15.4 Å². The molecule has 1 aliphatic heterocycles. The van der Waals surface area contributed by atoms with Crippen molar-refractivity contribution in [1.82, 2.24) is 25.0 Å². The topological polar surface area (TPSA) is 106 Å². The van der Waals surface area contributed by atoms with Crippen LogP contribution in [0.25, 0.3) is 10.9 Å². The van der Waals surface area contributed by atoms with Gasteiger partial charge in [-0.3, -0.25) is 14.3 Å². The molecule has 8 nitrogen and oxygen atoms in total. The van der Waals surface area contributed by atoms with Crippen LogP contribution in [0.15, 0.2) is 30.5 Å². The Bertz CT molecular complexity index is 1210. The molecule has 2 aromatic heterocycles. The third kappa shape index (κ3) is 4.25. The van der Waals surface area contributed by atoms with Crippen LogP contribution in [0.1, 0.15) is 42.7 Å². The Balaban J connectivity index is 1.60. The number of hydrogen-bond acceptors (Lipinski definition) is 5. The molecular formula is C22H24F2N6O2. The normalized spacial score (nSPS) is 14.5. The molecule has 32 heavy (non-hydrogen) atoms. The Kier molecular flexibility index (Phi) is 5.31. The fraction of sp³-hybridized carbons (Fsp3) is 0.364. The van der Waals surface area contributed by atoms with Gasteiger partial charge < -0.3 is 16.0 Å². The van der Waals surface area contributed by atoms with Gasteiger partial charge in [0.1, 0.15) is 24.0 Å². The van der Waals surface area contributed by atoms with Crippen molar-refractivity contribution in [3.05, 3.63) is 53.4 Å². The van der Waals surface area contributed by atoms with Gasteiger partial charge in [0.2, 0.25) is 5.91 Å². The van der Waals surface area contributed by atoms with Crippen LogP contribution < -0.4 is 11.1 Å². The highest BCUT2D eigenvalue weighted by atomic mass is 19.1. The number of nitrogen functional groups attached to an aromatic ring is 1. The molecule has 3 heterocycles. The number of nitrogens with two attached hydrogens (primary N) is 1. The van der Waals surface area contributed by atoms with Gasteiger partial charge in [-0.2, -0.15) is 5.10 Å². The second-order valence-electron chi connectivity index (χ2n) is 9.00. The third-order valence-electron chi connectivity index (χ3n) is 5.19. The number of anilines is 1. The van der Waals surface area contributed by atoms with Crippen molar-refractivity contribution in [3.63, 3.8) is 0 Å². The van der Waals surface area contributed by atoms with Crippen LogP contribution >= 0.6 is 0 Å². The number of fused-ring (bicyclic) bond motifs is 1. The highest BCUT2D eigenvalue weighted by Crippen LogP contribution is 2.34. The summed E-state index contributed by atoms with van der Waals surface area (Å²) in [6, 6.07) is 5.04. The maximum absolute atomic E-state index is 14.7. The second-order valence-corrected chi connectivity index (χ2v) is 9.00. The molecule has 3 aromatic rings. The number of halogens is 2. The number of carbonyl (C=O) groups excluding carboxylic acids is 2. The van der Waals surface area contributed by atoms with E-state index in [0.29, 0.717) is 24.3 Å². The van der Waals surface area contributed by atoms with E-state index in [0.717, 1.165) is 6.07 Å². The first-order valence-corrected chi connectivity index (χ1v) is 10.2. The molecule has 0 spiro atoms. The smallest absolute Gasteiger partial charge is 0.254 e. The maximum Gasteiger partial charge on any atom is 0.254 e. The molecule has 1 fully saturated rings. The van der Waals surface area contributed by atoms with Crippen molar-refractivity contribution < 1.29 is 18.4 Å². The van der Waals surface area contributed by atoms with Gasteiger partial charge in [-0.25, -0.2) is 13.8 Å². The number of pyridine rings is 1. The van der Waals surface area contributed by atoms with E-state index in [1.54, 1.807) is 11.0 Å². The van der Waals surface area contributed by atoms with E-state index < -0.39 is 17.2 Å². The predicted molar refractivity (Wildman–Crippen MR) is 115 cm³/mol. The lowest BCUT2D eigenvalue weighted by molar-refractivity contribution is -0.123. The number of nitrogens with one attached hydrogen (secondary N) is 1. The summed E-state index contributed by atoms with van der Waals surface area (Å²) in [6.07, 6.45) is 1.46. The van der Waals surface area contributed by atoms with Crippen molar-refractivity contribution in [2.24, 2.45) is 0 Å². The molecule has 0 aliphatic carbocycles. The number of benzene rings is 1. The fourth-order valence-electron chi connectivity index (χ4n) is 3.83. The molecule has 0 radical (unpaired) electrons. The molecule has 1 aliphatic rings. The van der Waals surface area contributed by atoms with Gasteiger partial charge in [0.15, 0.2) is 0 Å². The zero-order chi connectivity index (χ0) is 23.2. The first kappa shape index (κ1) is 21.7. The number of hydrogen-bond donors (Lipinski definition) is 2. The molecule has 10 heteroatoms. The summed E-state index contributed by atoms with van der Waals surface area (Å²) in [5, 5.41) is 7.43. The lowest BCUT2D eigenvalue weighted by atomic mass is 9.93. The van der Waals surface area contributed by atoms with Crippen molar-refractivity contribution in [2.75, 3.05) is 18.8 Å². The predicted octanol–water partition coefficient (Wildman–Crippen LogP) is 2.45. The van der Waals surface area contributed by atoms with Gasteiger partial charge in [-0.1, -0.05) is 0 Å². The lowest BCUT2D eigenvalue weighted by Crippen LogP contribution is -2.48. The van der Waals surface area contributed by atoms with E-state index in [1.807, 2.05) is 20.8 Å². The molecule has 0 atom stereocenters. The Morgan fingerprint density at radius 3 is 2.59 bits per heavy atom. The number of aromatic nitrogens is 3. The van der Waals surface area contributed by atoms with E-state index in [4.69, 9.17) is 5.73 Å². The van der Waals surface area contributed by atoms with E-state index in [-0.39, 0.29) is 41.0 Å². The average molecular weight is 442 g/mol. The summed E-state index contributed by atoms with van der Waals surface area (Å²) in [6.45, 7) is 5.98. The van der Waals surface area contributed by atoms with Gasteiger partial charge in [-0.15, -0.1) is 0 Å². The van der Waals surface area contributed by atoms with Gasteiger partial charge >= 0.3 is 0 Å². The second kappa shape index (κ2) is 7.85. The lowest BCUT2D eigenvalue weighted by Gasteiger charge is -2.38. The molecule has 1 aromatic carbocycles. The van der Waals surface area contributed by atoms with Crippen LogP contribution in [-0.2, 0) is 11.3 Å². The molecule has 0 unspecified atom stereocenters. The molecule has 2 amide bonds. The summed E-state index contributed by atoms with van der Waals surface area (Å²) >= 11 is 0. The van der Waals surface area contributed by atoms with E-state index in [9.17, 15) is 18.4 Å². The van der Waals surface area contributed by atoms with E-state index >= 15 is 0 Å². The van der Waals surface area contributed by atoms with Crippen molar-refractivity contribution in [3.8, 4) is 0 Å². The third-order valence-corrected chi connectivity index (χ3v) is 5.19.